The highest BCUT2D eigenvalue weighted by molar-refractivity contribution is 5.85. The van der Waals surface area contributed by atoms with Crippen molar-refractivity contribution in [1.82, 2.24) is 15.5 Å². The molecule has 2 aliphatic rings. The molecule has 17 heavy (non-hydrogen) atoms. The van der Waals surface area contributed by atoms with Crippen LogP contribution >= 0.6 is 0 Å². The maximum atomic E-state index is 12.0. The van der Waals surface area contributed by atoms with Crippen LogP contribution in [0.5, 0.6) is 0 Å². The smallest absolute Gasteiger partial charge is 0.239 e. The van der Waals surface area contributed by atoms with Gasteiger partial charge in [-0.25, -0.2) is 0 Å². The Balaban J connectivity index is 1.75. The van der Waals surface area contributed by atoms with Crippen molar-refractivity contribution in [2.24, 2.45) is 0 Å². The predicted molar refractivity (Wildman–Crippen MR) is 68.9 cm³/mol. The van der Waals surface area contributed by atoms with Crippen molar-refractivity contribution in [2.45, 2.75) is 57.2 Å². The molecule has 0 radical (unpaired) electrons. The molecule has 1 amide bonds. The molecule has 0 aromatic heterocycles. The summed E-state index contributed by atoms with van der Waals surface area (Å²) in [6, 6.07) is 1.23. The molecule has 0 aromatic rings. The molecular formula is C13H25N3O. The first-order chi connectivity index (χ1) is 8.03. The lowest BCUT2D eigenvalue weighted by atomic mass is 10.0. The van der Waals surface area contributed by atoms with Gasteiger partial charge in [0.2, 0.25) is 5.91 Å². The van der Waals surface area contributed by atoms with Gasteiger partial charge in [-0.05, 0) is 46.6 Å². The van der Waals surface area contributed by atoms with Crippen LogP contribution in [0.15, 0.2) is 0 Å². The second-order valence-electron chi connectivity index (χ2n) is 5.89. The number of likely N-dealkylation sites (tertiary alicyclic amines) is 1. The van der Waals surface area contributed by atoms with Crippen molar-refractivity contribution in [2.75, 3.05) is 20.1 Å². The molecule has 0 aromatic carbocycles. The quantitative estimate of drug-likeness (QED) is 0.760. The fraction of sp³-hybridized carbons (Fsp3) is 0.923. The van der Waals surface area contributed by atoms with E-state index in [-0.39, 0.29) is 5.91 Å². The zero-order valence-electron chi connectivity index (χ0n) is 11.3. The molecule has 2 rings (SSSR count). The number of hydrogen-bond donors (Lipinski definition) is 2. The van der Waals surface area contributed by atoms with Gasteiger partial charge in [0.15, 0.2) is 0 Å². The van der Waals surface area contributed by atoms with Crippen LogP contribution in [0.4, 0.5) is 0 Å². The molecule has 2 fully saturated rings. The van der Waals surface area contributed by atoms with Gasteiger partial charge in [0.1, 0.15) is 0 Å². The minimum atomic E-state index is -0.465. The molecule has 1 heterocycles. The molecule has 1 saturated heterocycles. The summed E-state index contributed by atoms with van der Waals surface area (Å²) in [7, 11) is 1.83. The average Bonchev–Trinajstić information content (AvgIpc) is 3.14. The molecule has 0 bridgehead atoms. The second kappa shape index (κ2) is 4.94. The van der Waals surface area contributed by atoms with Gasteiger partial charge in [-0.15, -0.1) is 0 Å². The Morgan fingerprint density at radius 2 is 1.76 bits per heavy atom. The molecule has 98 valence electrons. The van der Waals surface area contributed by atoms with E-state index in [1.807, 2.05) is 20.9 Å². The van der Waals surface area contributed by atoms with E-state index >= 15 is 0 Å². The van der Waals surface area contributed by atoms with E-state index in [1.54, 1.807) is 0 Å². The van der Waals surface area contributed by atoms with Crippen molar-refractivity contribution in [3.05, 3.63) is 0 Å². The second-order valence-corrected chi connectivity index (χ2v) is 5.89. The van der Waals surface area contributed by atoms with Gasteiger partial charge in [-0.2, -0.15) is 0 Å². The summed E-state index contributed by atoms with van der Waals surface area (Å²) in [4.78, 5) is 14.6. The number of piperidine rings is 1. The first-order valence-electron chi connectivity index (χ1n) is 6.77. The number of nitrogens with zero attached hydrogens (tertiary/aromatic N) is 1. The van der Waals surface area contributed by atoms with E-state index in [4.69, 9.17) is 0 Å². The number of likely N-dealkylation sites (N-methyl/N-ethyl adjacent to an activating group) is 1. The van der Waals surface area contributed by atoms with E-state index in [9.17, 15) is 4.79 Å². The van der Waals surface area contributed by atoms with Gasteiger partial charge >= 0.3 is 0 Å². The molecule has 4 heteroatoms. The van der Waals surface area contributed by atoms with Crippen LogP contribution in [0.3, 0.4) is 0 Å². The highest BCUT2D eigenvalue weighted by atomic mass is 16.2. The number of amides is 1. The molecule has 4 nitrogen and oxygen atoms in total. The Bertz CT molecular complexity index is 278. The van der Waals surface area contributed by atoms with Crippen LogP contribution in [0.25, 0.3) is 0 Å². The Morgan fingerprint density at radius 3 is 2.24 bits per heavy atom. The summed E-state index contributed by atoms with van der Waals surface area (Å²) in [5, 5.41) is 6.21. The number of carbonyl (C=O) groups is 1. The first kappa shape index (κ1) is 12.8. The largest absolute Gasteiger partial charge is 0.352 e. The molecule has 1 saturated carbocycles. The predicted octanol–water partition coefficient (Wildman–Crippen LogP) is 0.727. The Morgan fingerprint density at radius 1 is 1.18 bits per heavy atom. The van der Waals surface area contributed by atoms with Crippen LogP contribution in [-0.4, -0.2) is 48.6 Å². The summed E-state index contributed by atoms with van der Waals surface area (Å²) in [6.45, 7) is 6.13. The zero-order chi connectivity index (χ0) is 12.5. The maximum absolute atomic E-state index is 12.0. The number of nitrogens with one attached hydrogen (secondary N) is 2. The van der Waals surface area contributed by atoms with Crippen molar-refractivity contribution in [3.63, 3.8) is 0 Å². The lowest BCUT2D eigenvalue weighted by molar-refractivity contribution is -0.127. The topological polar surface area (TPSA) is 44.4 Å². The van der Waals surface area contributed by atoms with Gasteiger partial charge in [0.25, 0.3) is 0 Å². The van der Waals surface area contributed by atoms with E-state index in [1.165, 1.54) is 12.8 Å². The highest BCUT2D eigenvalue weighted by Gasteiger charge is 2.33. The third kappa shape index (κ3) is 3.19. The molecule has 0 unspecified atom stereocenters. The Kier molecular flexibility index (Phi) is 3.73. The van der Waals surface area contributed by atoms with Gasteiger partial charge in [0, 0.05) is 25.2 Å². The summed E-state index contributed by atoms with van der Waals surface area (Å²) < 4.78 is 0. The van der Waals surface area contributed by atoms with Crippen molar-refractivity contribution >= 4 is 5.91 Å². The van der Waals surface area contributed by atoms with Crippen LogP contribution in [0.2, 0.25) is 0 Å². The Labute approximate surface area is 104 Å². The average molecular weight is 239 g/mol. The van der Waals surface area contributed by atoms with Crippen molar-refractivity contribution < 1.29 is 4.79 Å². The molecular weight excluding hydrogens is 214 g/mol. The summed E-state index contributed by atoms with van der Waals surface area (Å²) in [5.41, 5.74) is -0.465. The Hall–Kier alpha value is -0.610. The lowest BCUT2D eigenvalue weighted by Crippen LogP contribution is -2.55. The van der Waals surface area contributed by atoms with Crippen molar-refractivity contribution in [3.8, 4) is 0 Å². The highest BCUT2D eigenvalue weighted by Crippen LogP contribution is 2.29. The van der Waals surface area contributed by atoms with Crippen molar-refractivity contribution in [1.29, 1.82) is 0 Å². The number of rotatable bonds is 4. The van der Waals surface area contributed by atoms with Gasteiger partial charge in [-0.3, -0.25) is 4.79 Å². The monoisotopic (exact) mass is 239 g/mol. The maximum Gasteiger partial charge on any atom is 0.239 e. The van der Waals surface area contributed by atoms with E-state index in [0.29, 0.717) is 6.04 Å². The third-order valence-corrected chi connectivity index (χ3v) is 4.12. The van der Waals surface area contributed by atoms with Crippen LogP contribution in [-0.2, 0) is 4.79 Å². The SMILES string of the molecule is CNC(C)(C)C(=O)NC1CCN(C2CC2)CC1. The van der Waals surface area contributed by atoms with Gasteiger partial charge < -0.3 is 15.5 Å². The molecule has 0 atom stereocenters. The van der Waals surface area contributed by atoms with Gasteiger partial charge in [-0.1, -0.05) is 0 Å². The minimum absolute atomic E-state index is 0.116. The standard InChI is InChI=1S/C13H25N3O/c1-13(2,14-3)12(17)15-10-6-8-16(9-7-10)11-4-5-11/h10-11,14H,4-9H2,1-3H3,(H,15,17). The summed E-state index contributed by atoms with van der Waals surface area (Å²) in [5.74, 6) is 0.116. The van der Waals surface area contributed by atoms with E-state index in [0.717, 1.165) is 32.0 Å². The molecule has 1 aliphatic carbocycles. The number of hydrogen-bond acceptors (Lipinski definition) is 3. The summed E-state index contributed by atoms with van der Waals surface area (Å²) in [6.07, 6.45) is 4.96. The molecule has 0 spiro atoms. The minimum Gasteiger partial charge on any atom is -0.352 e. The zero-order valence-corrected chi connectivity index (χ0v) is 11.3. The van der Waals surface area contributed by atoms with Gasteiger partial charge in [0.05, 0.1) is 5.54 Å². The lowest BCUT2D eigenvalue weighted by Gasteiger charge is -2.34. The third-order valence-electron chi connectivity index (χ3n) is 4.12. The summed E-state index contributed by atoms with van der Waals surface area (Å²) >= 11 is 0. The van der Waals surface area contributed by atoms with Crippen LogP contribution < -0.4 is 10.6 Å². The molecule has 2 N–H and O–H groups in total. The van der Waals surface area contributed by atoms with Crippen LogP contribution in [0, 0.1) is 0 Å². The van der Waals surface area contributed by atoms with Crippen LogP contribution in [0.1, 0.15) is 39.5 Å². The fourth-order valence-electron chi connectivity index (χ4n) is 2.33. The van der Waals surface area contributed by atoms with E-state index < -0.39 is 5.54 Å². The first-order valence-corrected chi connectivity index (χ1v) is 6.77. The number of carbonyl (C=O) groups excluding carboxylic acids is 1. The normalized spacial score (nSPS) is 23.7. The molecule has 1 aliphatic heterocycles. The fourth-order valence-corrected chi connectivity index (χ4v) is 2.33. The van der Waals surface area contributed by atoms with E-state index in [2.05, 4.69) is 15.5 Å².